The zero-order valence-electron chi connectivity index (χ0n) is 38.0. The molecule has 11 aromatic rings. The molecule has 1 aromatic heterocycles. The van der Waals surface area contributed by atoms with E-state index in [0.29, 0.717) is 0 Å². The van der Waals surface area contributed by atoms with E-state index in [1.807, 2.05) is 0 Å². The molecule has 0 amide bonds. The number of benzene rings is 10. The van der Waals surface area contributed by atoms with Crippen LogP contribution in [0.4, 0.5) is 51.2 Å². The van der Waals surface area contributed by atoms with E-state index in [1.54, 1.807) is 0 Å². The lowest BCUT2D eigenvalue weighted by atomic mass is 9.82. The number of anilines is 9. The Kier molecular flexibility index (Phi) is 9.23. The van der Waals surface area contributed by atoms with Gasteiger partial charge in [-0.2, -0.15) is 0 Å². The molecule has 0 spiro atoms. The highest BCUT2D eigenvalue weighted by atomic mass is 16.3. The van der Waals surface area contributed by atoms with Crippen molar-refractivity contribution >= 4 is 73.1 Å². The second-order valence-electron chi connectivity index (χ2n) is 18.5. The SMILES string of the molecule is CC1(C)c2ccccc2-c2ccc(N(c3ccc4c(c3)-c3c(cccc3N(c3ccccc3)c3cccc(N(c5ccccc5)c5ccccc5)c3)C4)c3cccc4c3oc3ccccc34)cc21. The summed E-state index contributed by atoms with van der Waals surface area (Å²) < 4.78 is 6.82. The van der Waals surface area contributed by atoms with E-state index in [4.69, 9.17) is 4.42 Å². The zero-order valence-corrected chi connectivity index (χ0v) is 38.0. The van der Waals surface area contributed by atoms with Gasteiger partial charge in [-0.1, -0.05) is 153 Å². The summed E-state index contributed by atoms with van der Waals surface area (Å²) in [5.41, 5.74) is 21.7. The molecule has 0 saturated carbocycles. The van der Waals surface area contributed by atoms with Crippen LogP contribution in [0.3, 0.4) is 0 Å². The van der Waals surface area contributed by atoms with Crippen molar-refractivity contribution in [3.8, 4) is 22.3 Å². The van der Waals surface area contributed by atoms with Crippen LogP contribution in [0.15, 0.2) is 241 Å². The summed E-state index contributed by atoms with van der Waals surface area (Å²) in [6.07, 6.45) is 0.849. The Balaban J connectivity index is 0.994. The first-order valence-electron chi connectivity index (χ1n) is 23.6. The lowest BCUT2D eigenvalue weighted by molar-refractivity contribution is 0.660. The summed E-state index contributed by atoms with van der Waals surface area (Å²) in [5, 5.41) is 2.22. The molecule has 68 heavy (non-hydrogen) atoms. The van der Waals surface area contributed by atoms with Crippen molar-refractivity contribution in [1.29, 1.82) is 0 Å². The number of para-hydroxylation sites is 5. The molecule has 0 N–H and O–H groups in total. The second kappa shape index (κ2) is 15.8. The van der Waals surface area contributed by atoms with Crippen LogP contribution in [0, 0.1) is 0 Å². The molecule has 0 radical (unpaired) electrons. The average molecular weight is 874 g/mol. The Hall–Kier alpha value is -8.60. The first-order valence-corrected chi connectivity index (χ1v) is 23.6. The van der Waals surface area contributed by atoms with Gasteiger partial charge < -0.3 is 19.1 Å². The summed E-state index contributed by atoms with van der Waals surface area (Å²) in [5.74, 6) is 0. The quantitative estimate of drug-likeness (QED) is 0.144. The maximum atomic E-state index is 6.82. The van der Waals surface area contributed by atoms with Crippen molar-refractivity contribution < 1.29 is 4.42 Å². The summed E-state index contributed by atoms with van der Waals surface area (Å²) in [7, 11) is 0. The maximum Gasteiger partial charge on any atom is 0.159 e. The number of fused-ring (bicyclic) bond motifs is 9. The predicted octanol–water partition coefficient (Wildman–Crippen LogP) is 17.9. The van der Waals surface area contributed by atoms with Gasteiger partial charge in [0.1, 0.15) is 5.58 Å². The fourth-order valence-electron chi connectivity index (χ4n) is 11.1. The number of furan rings is 1. The average Bonchev–Trinajstić information content (AvgIpc) is 4.03. The molecule has 10 aromatic carbocycles. The van der Waals surface area contributed by atoms with Crippen molar-refractivity contribution in [3.63, 3.8) is 0 Å². The van der Waals surface area contributed by atoms with Gasteiger partial charge in [-0.25, -0.2) is 0 Å². The Bertz CT molecular complexity index is 3670. The van der Waals surface area contributed by atoms with Gasteiger partial charge in [0.05, 0.1) is 11.4 Å². The van der Waals surface area contributed by atoms with Gasteiger partial charge in [0.25, 0.3) is 0 Å². The third-order valence-electron chi connectivity index (χ3n) is 14.2. The molecule has 0 fully saturated rings. The van der Waals surface area contributed by atoms with Gasteiger partial charge in [0.2, 0.25) is 0 Å². The highest BCUT2D eigenvalue weighted by Gasteiger charge is 2.36. The lowest BCUT2D eigenvalue weighted by Gasteiger charge is -2.31. The number of rotatable bonds is 9. The van der Waals surface area contributed by atoms with Crippen molar-refractivity contribution in [2.24, 2.45) is 0 Å². The van der Waals surface area contributed by atoms with E-state index in [9.17, 15) is 0 Å². The van der Waals surface area contributed by atoms with Crippen LogP contribution in [-0.4, -0.2) is 0 Å². The summed E-state index contributed by atoms with van der Waals surface area (Å²) in [6, 6.07) is 85.7. The second-order valence-corrected chi connectivity index (χ2v) is 18.5. The van der Waals surface area contributed by atoms with E-state index in [0.717, 1.165) is 79.5 Å². The zero-order chi connectivity index (χ0) is 45.3. The summed E-state index contributed by atoms with van der Waals surface area (Å²) >= 11 is 0. The maximum absolute atomic E-state index is 6.82. The Morgan fingerprint density at radius 1 is 0.353 bits per heavy atom. The van der Waals surface area contributed by atoms with Crippen LogP contribution < -0.4 is 14.7 Å². The van der Waals surface area contributed by atoms with Crippen LogP contribution in [0.2, 0.25) is 0 Å². The van der Waals surface area contributed by atoms with E-state index in [2.05, 4.69) is 265 Å². The van der Waals surface area contributed by atoms with Crippen molar-refractivity contribution in [1.82, 2.24) is 0 Å². The fraction of sp³-hybridized carbons (Fsp3) is 0.0625. The molecule has 1 heterocycles. The third-order valence-corrected chi connectivity index (χ3v) is 14.2. The van der Waals surface area contributed by atoms with E-state index in [1.165, 1.54) is 44.5 Å². The molecule has 324 valence electrons. The summed E-state index contributed by atoms with van der Waals surface area (Å²) in [6.45, 7) is 4.71. The molecule has 13 rings (SSSR count). The van der Waals surface area contributed by atoms with Gasteiger partial charge in [-0.3, -0.25) is 0 Å². The molecule has 0 aliphatic heterocycles. The van der Waals surface area contributed by atoms with Crippen molar-refractivity contribution in [2.75, 3.05) is 14.7 Å². The molecule has 0 saturated heterocycles. The smallest absolute Gasteiger partial charge is 0.159 e. The molecular formula is C64H47N3O. The highest BCUT2D eigenvalue weighted by Crippen LogP contribution is 2.53. The normalized spacial score (nSPS) is 12.9. The van der Waals surface area contributed by atoms with Crippen LogP contribution in [-0.2, 0) is 11.8 Å². The minimum absolute atomic E-state index is 0.165. The van der Waals surface area contributed by atoms with Crippen molar-refractivity contribution in [3.05, 3.63) is 259 Å². The van der Waals surface area contributed by atoms with Crippen LogP contribution in [0.1, 0.15) is 36.1 Å². The van der Waals surface area contributed by atoms with Crippen LogP contribution in [0.5, 0.6) is 0 Å². The molecule has 4 heteroatoms. The number of hydrogen-bond donors (Lipinski definition) is 0. The molecule has 4 nitrogen and oxygen atoms in total. The van der Waals surface area contributed by atoms with Crippen LogP contribution >= 0.6 is 0 Å². The predicted molar refractivity (Wildman–Crippen MR) is 284 cm³/mol. The number of hydrogen-bond acceptors (Lipinski definition) is 4. The Morgan fingerprint density at radius 2 is 0.882 bits per heavy atom. The fourth-order valence-corrected chi connectivity index (χ4v) is 11.1. The molecule has 2 aliphatic carbocycles. The molecule has 2 aliphatic rings. The highest BCUT2D eigenvalue weighted by molar-refractivity contribution is 6.10. The molecule has 0 bridgehead atoms. The third kappa shape index (κ3) is 6.36. The lowest BCUT2D eigenvalue weighted by Crippen LogP contribution is -2.16. The van der Waals surface area contributed by atoms with Gasteiger partial charge in [-0.15, -0.1) is 0 Å². The first-order chi connectivity index (χ1) is 33.5. The van der Waals surface area contributed by atoms with Gasteiger partial charge >= 0.3 is 0 Å². The largest absolute Gasteiger partial charge is 0.454 e. The monoisotopic (exact) mass is 873 g/mol. The van der Waals surface area contributed by atoms with Gasteiger partial charge in [0, 0.05) is 61.6 Å². The topological polar surface area (TPSA) is 22.9 Å². The standard InChI is InChI=1S/C64H47N3O/c1-64(2)57-31-14-12-28-52(57)53-38-37-51(42-58(53)64)67(60-33-18-30-55-54-29-13-15-34-61(54)68-63(55)60)50-36-35-43-39-44-19-16-32-59(62(44)56(43)41-50)66(47-24-10-5-11-25-47)49-27-17-26-48(40-49)65(45-20-6-3-7-21-45)46-22-8-4-9-23-46/h3-38,40-42H,39H2,1-2H3. The minimum Gasteiger partial charge on any atom is -0.454 e. The van der Waals surface area contributed by atoms with Gasteiger partial charge in [0.15, 0.2) is 5.58 Å². The van der Waals surface area contributed by atoms with E-state index in [-0.39, 0.29) is 5.41 Å². The van der Waals surface area contributed by atoms with E-state index < -0.39 is 0 Å². The van der Waals surface area contributed by atoms with Crippen LogP contribution in [0.25, 0.3) is 44.2 Å². The molecule has 0 unspecified atom stereocenters. The van der Waals surface area contributed by atoms with E-state index >= 15 is 0 Å². The molecule has 0 atom stereocenters. The van der Waals surface area contributed by atoms with Gasteiger partial charge in [-0.05, 0) is 142 Å². The Labute approximate surface area is 397 Å². The Morgan fingerprint density at radius 3 is 1.65 bits per heavy atom. The number of nitrogens with zero attached hydrogens (tertiary/aromatic N) is 3. The molecular weight excluding hydrogens is 827 g/mol. The first kappa shape index (κ1) is 39.7. The summed E-state index contributed by atoms with van der Waals surface area (Å²) in [4.78, 5) is 7.19. The van der Waals surface area contributed by atoms with Crippen molar-refractivity contribution in [2.45, 2.75) is 25.7 Å². The minimum atomic E-state index is -0.165.